The molecule has 2 N–H and O–H groups in total. The molecule has 0 saturated carbocycles. The lowest BCUT2D eigenvalue weighted by atomic mass is 10.0. The van der Waals surface area contributed by atoms with Crippen LogP contribution >= 0.6 is 0 Å². The number of rotatable bonds is 6. The summed E-state index contributed by atoms with van der Waals surface area (Å²) in [5.41, 5.74) is 1.26. The fraction of sp³-hybridized carbons (Fsp3) is 0.286. The van der Waals surface area contributed by atoms with Crippen molar-refractivity contribution in [2.45, 2.75) is 18.9 Å². The highest BCUT2D eigenvalue weighted by atomic mass is 16.5. The molecule has 1 atom stereocenters. The quantitative estimate of drug-likeness (QED) is 0.832. The summed E-state index contributed by atoms with van der Waals surface area (Å²) in [5, 5.41) is 15.4. The number of carbonyl (C=O) groups is 1. The van der Waals surface area contributed by atoms with Crippen LogP contribution in [0.25, 0.3) is 0 Å². The van der Waals surface area contributed by atoms with Crippen LogP contribution in [0, 0.1) is 0 Å². The van der Waals surface area contributed by atoms with Gasteiger partial charge in [0.2, 0.25) is 0 Å². The van der Waals surface area contributed by atoms with Crippen molar-refractivity contribution < 1.29 is 14.4 Å². The van der Waals surface area contributed by atoms with Crippen LogP contribution < -0.4 is 5.32 Å². The van der Waals surface area contributed by atoms with Gasteiger partial charge >= 0.3 is 0 Å². The first kappa shape index (κ1) is 13.3. The zero-order chi connectivity index (χ0) is 13.5. The number of aliphatic hydroxyl groups excluding tert-OH is 1. The van der Waals surface area contributed by atoms with Crippen molar-refractivity contribution in [1.82, 2.24) is 10.5 Å². The van der Waals surface area contributed by atoms with E-state index in [-0.39, 0.29) is 24.2 Å². The molecule has 1 aromatic heterocycles. The van der Waals surface area contributed by atoms with Gasteiger partial charge in [0.1, 0.15) is 6.26 Å². The lowest BCUT2D eigenvalue weighted by molar-refractivity contribution is 0.0923. The van der Waals surface area contributed by atoms with E-state index < -0.39 is 0 Å². The third-order valence-electron chi connectivity index (χ3n) is 2.83. The van der Waals surface area contributed by atoms with Gasteiger partial charge in [0.25, 0.3) is 5.91 Å². The maximum atomic E-state index is 12.0. The second-order valence-corrected chi connectivity index (χ2v) is 4.19. The molecule has 0 fully saturated rings. The monoisotopic (exact) mass is 260 g/mol. The van der Waals surface area contributed by atoms with Gasteiger partial charge in [-0.25, -0.2) is 0 Å². The Hall–Kier alpha value is -2.14. The maximum Gasteiger partial charge on any atom is 0.273 e. The van der Waals surface area contributed by atoms with Crippen molar-refractivity contribution in [3.63, 3.8) is 0 Å². The molecule has 0 aliphatic carbocycles. The fourth-order valence-electron chi connectivity index (χ4n) is 1.86. The first-order chi connectivity index (χ1) is 9.31. The molecular formula is C14H16N2O3. The smallest absolute Gasteiger partial charge is 0.273 e. The van der Waals surface area contributed by atoms with E-state index in [4.69, 9.17) is 5.11 Å². The number of aromatic nitrogens is 1. The van der Waals surface area contributed by atoms with Gasteiger partial charge < -0.3 is 14.9 Å². The standard InChI is InChI=1S/C14H16N2O3/c17-9-4-7-12(11-5-2-1-3-6-11)15-14(18)13-8-10-19-16-13/h1-3,5-6,8,10,12,17H,4,7,9H2,(H,15,18). The average molecular weight is 260 g/mol. The normalized spacial score (nSPS) is 12.1. The third kappa shape index (κ3) is 3.66. The molecule has 100 valence electrons. The lowest BCUT2D eigenvalue weighted by Crippen LogP contribution is -2.29. The number of benzene rings is 1. The molecule has 5 heteroatoms. The fourth-order valence-corrected chi connectivity index (χ4v) is 1.86. The Balaban J connectivity index is 2.08. The van der Waals surface area contributed by atoms with Gasteiger partial charge in [-0.1, -0.05) is 35.5 Å². The summed E-state index contributed by atoms with van der Waals surface area (Å²) in [6.07, 6.45) is 2.66. The van der Waals surface area contributed by atoms with Crippen molar-refractivity contribution in [3.05, 3.63) is 53.9 Å². The number of carbonyl (C=O) groups excluding carboxylic acids is 1. The van der Waals surface area contributed by atoms with Crippen molar-refractivity contribution in [1.29, 1.82) is 0 Å². The number of nitrogens with zero attached hydrogens (tertiary/aromatic N) is 1. The van der Waals surface area contributed by atoms with Crippen molar-refractivity contribution >= 4 is 5.91 Å². The van der Waals surface area contributed by atoms with Gasteiger partial charge in [-0.3, -0.25) is 4.79 Å². The van der Waals surface area contributed by atoms with E-state index in [1.165, 1.54) is 12.3 Å². The minimum Gasteiger partial charge on any atom is -0.396 e. The van der Waals surface area contributed by atoms with Crippen LogP contribution in [0.2, 0.25) is 0 Å². The molecule has 19 heavy (non-hydrogen) atoms. The summed E-state index contributed by atoms with van der Waals surface area (Å²) in [6.45, 7) is 0.100. The predicted molar refractivity (Wildman–Crippen MR) is 69.5 cm³/mol. The molecule has 5 nitrogen and oxygen atoms in total. The molecule has 1 heterocycles. The van der Waals surface area contributed by atoms with Crippen LogP contribution in [0.4, 0.5) is 0 Å². The first-order valence-corrected chi connectivity index (χ1v) is 6.18. The number of amides is 1. The summed E-state index contributed by atoms with van der Waals surface area (Å²) in [6, 6.07) is 11.0. The van der Waals surface area contributed by atoms with Gasteiger partial charge in [0.05, 0.1) is 6.04 Å². The average Bonchev–Trinajstić information content (AvgIpc) is 2.98. The topological polar surface area (TPSA) is 75.4 Å². The van der Waals surface area contributed by atoms with E-state index >= 15 is 0 Å². The zero-order valence-electron chi connectivity index (χ0n) is 10.5. The molecule has 0 aliphatic rings. The van der Waals surface area contributed by atoms with Crippen molar-refractivity contribution in [3.8, 4) is 0 Å². The highest BCUT2D eigenvalue weighted by Gasteiger charge is 2.16. The molecular weight excluding hydrogens is 244 g/mol. The summed E-state index contributed by atoms with van der Waals surface area (Å²) >= 11 is 0. The van der Waals surface area contributed by atoms with Crippen LogP contribution in [-0.4, -0.2) is 22.8 Å². The summed E-state index contributed by atoms with van der Waals surface area (Å²) in [7, 11) is 0. The second kappa shape index (κ2) is 6.70. The largest absolute Gasteiger partial charge is 0.396 e. The van der Waals surface area contributed by atoms with Gasteiger partial charge in [0, 0.05) is 12.7 Å². The van der Waals surface area contributed by atoms with E-state index in [9.17, 15) is 4.79 Å². The van der Waals surface area contributed by atoms with Crippen LogP contribution in [0.1, 0.15) is 34.9 Å². The SMILES string of the molecule is O=C(NC(CCCO)c1ccccc1)c1ccon1. The van der Waals surface area contributed by atoms with Gasteiger partial charge in [-0.05, 0) is 18.4 Å². The molecule has 1 amide bonds. The first-order valence-electron chi connectivity index (χ1n) is 6.18. The molecule has 2 rings (SSSR count). The van der Waals surface area contributed by atoms with E-state index in [2.05, 4.69) is 15.0 Å². The van der Waals surface area contributed by atoms with Crippen LogP contribution in [0.5, 0.6) is 0 Å². The van der Waals surface area contributed by atoms with Crippen LogP contribution in [0.15, 0.2) is 47.2 Å². The highest BCUT2D eigenvalue weighted by molar-refractivity contribution is 5.92. The van der Waals surface area contributed by atoms with Crippen LogP contribution in [-0.2, 0) is 0 Å². The minimum absolute atomic E-state index is 0.100. The number of nitrogens with one attached hydrogen (secondary N) is 1. The Kier molecular flexibility index (Phi) is 4.69. The summed E-state index contributed by atoms with van der Waals surface area (Å²) < 4.78 is 4.65. The zero-order valence-corrected chi connectivity index (χ0v) is 10.5. The predicted octanol–water partition coefficient (Wildman–Crippen LogP) is 1.92. The van der Waals surface area contributed by atoms with Gasteiger partial charge in [-0.15, -0.1) is 0 Å². The van der Waals surface area contributed by atoms with E-state index in [0.717, 1.165) is 5.56 Å². The molecule has 0 radical (unpaired) electrons. The minimum atomic E-state index is -0.277. The third-order valence-corrected chi connectivity index (χ3v) is 2.83. The molecule has 1 unspecified atom stereocenters. The van der Waals surface area contributed by atoms with Crippen molar-refractivity contribution in [2.24, 2.45) is 0 Å². The van der Waals surface area contributed by atoms with E-state index in [1.807, 2.05) is 30.3 Å². The Labute approximate surface area is 111 Å². The van der Waals surface area contributed by atoms with Crippen LogP contribution in [0.3, 0.4) is 0 Å². The summed E-state index contributed by atoms with van der Waals surface area (Å²) in [4.78, 5) is 12.0. The molecule has 0 aliphatic heterocycles. The van der Waals surface area contributed by atoms with Gasteiger partial charge in [-0.2, -0.15) is 0 Å². The van der Waals surface area contributed by atoms with E-state index in [0.29, 0.717) is 12.8 Å². The Morgan fingerprint density at radius 3 is 2.74 bits per heavy atom. The van der Waals surface area contributed by atoms with Gasteiger partial charge in [0.15, 0.2) is 5.69 Å². The Morgan fingerprint density at radius 2 is 2.11 bits per heavy atom. The highest BCUT2D eigenvalue weighted by Crippen LogP contribution is 2.18. The molecule has 2 aromatic rings. The molecule has 0 spiro atoms. The van der Waals surface area contributed by atoms with E-state index in [1.54, 1.807) is 0 Å². The number of hydrogen-bond donors (Lipinski definition) is 2. The summed E-state index contributed by atoms with van der Waals surface area (Å²) in [5.74, 6) is -0.277. The molecule has 0 bridgehead atoms. The lowest BCUT2D eigenvalue weighted by Gasteiger charge is -2.18. The number of hydrogen-bond acceptors (Lipinski definition) is 4. The molecule has 0 saturated heterocycles. The maximum absolute atomic E-state index is 12.0. The van der Waals surface area contributed by atoms with Crippen molar-refractivity contribution in [2.75, 3.05) is 6.61 Å². The Bertz CT molecular complexity index is 497. The molecule has 1 aromatic carbocycles. The Morgan fingerprint density at radius 1 is 1.32 bits per heavy atom. The second-order valence-electron chi connectivity index (χ2n) is 4.19. The number of aliphatic hydroxyl groups is 1.